The van der Waals surface area contributed by atoms with Gasteiger partial charge in [-0.15, -0.1) is 4.40 Å². The zero-order chi connectivity index (χ0) is 21.2. The lowest BCUT2D eigenvalue weighted by Crippen LogP contribution is -2.16. The molecule has 3 rings (SSSR count). The minimum Gasteiger partial charge on any atom is -0.289 e. The number of carbonyl (C=O) groups is 1. The minimum absolute atomic E-state index is 0.0457. The summed E-state index contributed by atoms with van der Waals surface area (Å²) in [6.07, 6.45) is 1.62. The number of benzene rings is 2. The molecule has 2 aromatic rings. The van der Waals surface area contributed by atoms with Gasteiger partial charge in [-0.3, -0.25) is 4.79 Å². The van der Waals surface area contributed by atoms with Crippen LogP contribution in [0.2, 0.25) is 0 Å². The first-order valence-electron chi connectivity index (χ1n) is 8.84. The Hall–Kier alpha value is -2.64. The van der Waals surface area contributed by atoms with Crippen LogP contribution in [0.4, 0.5) is 0 Å². The van der Waals surface area contributed by atoms with Crippen LogP contribution in [-0.2, 0) is 14.8 Å². The average Bonchev–Trinajstić information content (AvgIpc) is 2.70. The molecule has 5 nitrogen and oxygen atoms in total. The van der Waals surface area contributed by atoms with Gasteiger partial charge in [-0.2, -0.15) is 8.42 Å². The van der Waals surface area contributed by atoms with Gasteiger partial charge in [0.05, 0.1) is 15.1 Å². The van der Waals surface area contributed by atoms with Crippen molar-refractivity contribution in [2.45, 2.75) is 25.7 Å². The molecular formula is C22H19BrN2O3S. The SMILES string of the molecule is CC1=CC(=NC(=NS(=O)(=O)c2ccc(C)cc2)c2ccccc2)C(Br)=C(C)C1=O. The van der Waals surface area contributed by atoms with Crippen molar-refractivity contribution in [3.63, 3.8) is 0 Å². The maximum Gasteiger partial charge on any atom is 0.284 e. The van der Waals surface area contributed by atoms with Crippen molar-refractivity contribution in [1.82, 2.24) is 0 Å². The molecule has 1 aliphatic carbocycles. The molecule has 0 aliphatic heterocycles. The van der Waals surface area contributed by atoms with E-state index in [2.05, 4.69) is 25.3 Å². The number of sulfonamides is 1. The molecule has 0 saturated heterocycles. The van der Waals surface area contributed by atoms with E-state index in [-0.39, 0.29) is 16.5 Å². The Morgan fingerprint density at radius 2 is 1.55 bits per heavy atom. The molecule has 0 heterocycles. The van der Waals surface area contributed by atoms with Crippen LogP contribution in [0.1, 0.15) is 25.0 Å². The summed E-state index contributed by atoms with van der Waals surface area (Å²) >= 11 is 3.40. The number of aryl methyl sites for hydroxylation is 1. The van der Waals surface area contributed by atoms with E-state index in [9.17, 15) is 13.2 Å². The van der Waals surface area contributed by atoms with Crippen LogP contribution >= 0.6 is 15.9 Å². The van der Waals surface area contributed by atoms with Crippen molar-refractivity contribution in [3.8, 4) is 0 Å². The highest BCUT2D eigenvalue weighted by Crippen LogP contribution is 2.25. The predicted octanol–water partition coefficient (Wildman–Crippen LogP) is 4.77. The third-order valence-electron chi connectivity index (χ3n) is 4.39. The van der Waals surface area contributed by atoms with Gasteiger partial charge in [-0.1, -0.05) is 48.0 Å². The Bertz CT molecular complexity index is 1190. The maximum atomic E-state index is 12.9. The number of rotatable bonds is 3. The van der Waals surface area contributed by atoms with Gasteiger partial charge in [0.15, 0.2) is 11.6 Å². The molecule has 0 N–H and O–H groups in total. The molecule has 0 atom stereocenters. The van der Waals surface area contributed by atoms with Crippen molar-refractivity contribution < 1.29 is 13.2 Å². The Morgan fingerprint density at radius 1 is 0.931 bits per heavy atom. The molecule has 29 heavy (non-hydrogen) atoms. The Labute approximate surface area is 178 Å². The van der Waals surface area contributed by atoms with Gasteiger partial charge in [0.25, 0.3) is 10.0 Å². The summed E-state index contributed by atoms with van der Waals surface area (Å²) in [5.74, 6) is -0.0365. The van der Waals surface area contributed by atoms with Crippen LogP contribution in [0.15, 0.2) is 90.6 Å². The van der Waals surface area contributed by atoms with E-state index in [0.717, 1.165) is 5.56 Å². The van der Waals surface area contributed by atoms with Gasteiger partial charge >= 0.3 is 0 Å². The Balaban J connectivity index is 2.18. The van der Waals surface area contributed by atoms with Crippen LogP contribution < -0.4 is 0 Å². The highest BCUT2D eigenvalue weighted by molar-refractivity contribution is 9.12. The smallest absolute Gasteiger partial charge is 0.284 e. The maximum absolute atomic E-state index is 12.9. The number of allylic oxidation sites excluding steroid dienone is 4. The molecule has 2 aromatic carbocycles. The quantitative estimate of drug-likeness (QED) is 0.368. The lowest BCUT2D eigenvalue weighted by Gasteiger charge is -2.13. The van der Waals surface area contributed by atoms with E-state index in [1.807, 2.05) is 13.0 Å². The van der Waals surface area contributed by atoms with E-state index in [0.29, 0.717) is 26.9 Å². The zero-order valence-corrected chi connectivity index (χ0v) is 18.6. The van der Waals surface area contributed by atoms with Gasteiger partial charge in [-0.05, 0) is 60.5 Å². The number of hydrogen-bond acceptors (Lipinski definition) is 3. The molecule has 0 fully saturated rings. The topological polar surface area (TPSA) is 75.9 Å². The number of halogens is 1. The van der Waals surface area contributed by atoms with Gasteiger partial charge < -0.3 is 0 Å². The highest BCUT2D eigenvalue weighted by Gasteiger charge is 2.22. The largest absolute Gasteiger partial charge is 0.289 e. The van der Waals surface area contributed by atoms with Crippen LogP contribution in [0, 0.1) is 6.92 Å². The summed E-state index contributed by atoms with van der Waals surface area (Å²) in [5.41, 5.74) is 2.99. The fourth-order valence-corrected chi connectivity index (χ4v) is 4.06. The fraction of sp³-hybridized carbons (Fsp3) is 0.136. The number of aliphatic imine (C=N–C) groups is 1. The third kappa shape index (κ3) is 4.68. The van der Waals surface area contributed by atoms with Gasteiger partial charge in [0, 0.05) is 11.1 Å². The molecule has 0 spiro atoms. The lowest BCUT2D eigenvalue weighted by atomic mass is 9.98. The van der Waals surface area contributed by atoms with Crippen molar-refractivity contribution in [2.75, 3.05) is 0 Å². The van der Waals surface area contributed by atoms with E-state index < -0.39 is 10.0 Å². The highest BCUT2D eigenvalue weighted by atomic mass is 79.9. The van der Waals surface area contributed by atoms with Crippen LogP contribution in [0.5, 0.6) is 0 Å². The number of hydrogen-bond donors (Lipinski definition) is 0. The first-order valence-corrected chi connectivity index (χ1v) is 11.1. The van der Waals surface area contributed by atoms with E-state index in [1.165, 1.54) is 12.1 Å². The van der Waals surface area contributed by atoms with Crippen LogP contribution in [-0.4, -0.2) is 25.7 Å². The van der Waals surface area contributed by atoms with Crippen molar-refractivity contribution in [1.29, 1.82) is 0 Å². The number of carbonyl (C=O) groups excluding carboxylic acids is 1. The standard InChI is InChI=1S/C22H19BrN2O3S/c1-14-9-11-18(12-10-14)29(27,28)25-22(17-7-5-4-6-8-17)24-19-13-15(2)21(26)16(3)20(19)23/h4-13H,1-3H3. The predicted molar refractivity (Wildman–Crippen MR) is 119 cm³/mol. The summed E-state index contributed by atoms with van der Waals surface area (Å²) < 4.78 is 30.3. The van der Waals surface area contributed by atoms with Gasteiger partial charge in [0.2, 0.25) is 0 Å². The van der Waals surface area contributed by atoms with Crippen LogP contribution in [0.3, 0.4) is 0 Å². The number of Topliss-reactive ketones (excluding diaryl/α,β-unsaturated/α-hetero) is 1. The van der Waals surface area contributed by atoms with Crippen LogP contribution in [0.25, 0.3) is 0 Å². The minimum atomic E-state index is -3.97. The van der Waals surface area contributed by atoms with E-state index in [1.54, 1.807) is 56.3 Å². The summed E-state index contributed by atoms with van der Waals surface area (Å²) in [6, 6.07) is 15.4. The Morgan fingerprint density at radius 3 is 2.17 bits per heavy atom. The van der Waals surface area contributed by atoms with Crippen molar-refractivity contribution in [2.24, 2.45) is 9.39 Å². The number of ketones is 1. The lowest BCUT2D eigenvalue weighted by molar-refractivity contribution is -0.112. The Kier molecular flexibility index (Phi) is 6.10. The molecule has 1 aliphatic rings. The second kappa shape index (κ2) is 8.39. The molecule has 0 radical (unpaired) electrons. The average molecular weight is 471 g/mol. The molecule has 148 valence electrons. The van der Waals surface area contributed by atoms with Crippen molar-refractivity contribution >= 4 is 43.3 Å². The summed E-state index contributed by atoms with van der Waals surface area (Å²) in [6.45, 7) is 5.27. The molecule has 0 bridgehead atoms. The third-order valence-corrected chi connectivity index (χ3v) is 6.67. The zero-order valence-electron chi connectivity index (χ0n) is 16.2. The number of nitrogens with zero attached hydrogens (tertiary/aromatic N) is 2. The molecule has 0 unspecified atom stereocenters. The summed E-state index contributed by atoms with van der Waals surface area (Å²) in [5, 5.41) is 0. The monoisotopic (exact) mass is 470 g/mol. The molecule has 0 saturated carbocycles. The normalized spacial score (nSPS) is 17.0. The summed E-state index contributed by atoms with van der Waals surface area (Å²) in [4.78, 5) is 16.7. The first-order chi connectivity index (χ1) is 13.7. The molecule has 7 heteroatoms. The van der Waals surface area contributed by atoms with E-state index in [4.69, 9.17) is 0 Å². The van der Waals surface area contributed by atoms with E-state index >= 15 is 0 Å². The first kappa shape index (κ1) is 21.1. The number of amidine groups is 1. The van der Waals surface area contributed by atoms with Gasteiger partial charge in [0.1, 0.15) is 0 Å². The second-order valence-electron chi connectivity index (χ2n) is 6.66. The second-order valence-corrected chi connectivity index (χ2v) is 9.06. The molecule has 0 amide bonds. The molecule has 0 aromatic heterocycles. The fourth-order valence-electron chi connectivity index (χ4n) is 2.72. The van der Waals surface area contributed by atoms with Gasteiger partial charge in [-0.25, -0.2) is 4.99 Å². The molecular weight excluding hydrogens is 452 g/mol. The van der Waals surface area contributed by atoms with Crippen molar-refractivity contribution in [3.05, 3.63) is 87.4 Å². The summed E-state index contributed by atoms with van der Waals surface area (Å²) in [7, 11) is -3.97.